The summed E-state index contributed by atoms with van der Waals surface area (Å²) in [5, 5.41) is 13.7. The number of aliphatic imine (C=N–C) groups is 1. The number of H-pyrrole nitrogens is 1. The average molecular weight is 505 g/mol. The Morgan fingerprint density at radius 2 is 2.19 bits per heavy atom. The first-order valence-electron chi connectivity index (χ1n) is 12.5. The van der Waals surface area contributed by atoms with E-state index < -0.39 is 0 Å². The van der Waals surface area contributed by atoms with Crippen molar-refractivity contribution in [3.05, 3.63) is 71.3 Å². The number of carbonyl (C=O) groups is 1. The summed E-state index contributed by atoms with van der Waals surface area (Å²) in [6.45, 7) is 6.40. The Balaban J connectivity index is 1.28. The second-order valence-corrected chi connectivity index (χ2v) is 9.24. The van der Waals surface area contributed by atoms with E-state index in [1.54, 1.807) is 19.4 Å². The molecule has 4 rings (SSSR count). The lowest BCUT2D eigenvalue weighted by Gasteiger charge is -2.34. The molecule has 1 saturated heterocycles. The molecule has 2 heterocycles. The molecule has 2 aromatic rings. The van der Waals surface area contributed by atoms with Crippen molar-refractivity contribution < 1.29 is 9.53 Å². The van der Waals surface area contributed by atoms with E-state index in [1.807, 2.05) is 30.4 Å². The molecule has 1 fully saturated rings. The fourth-order valence-corrected chi connectivity index (χ4v) is 4.71. The smallest absolute Gasteiger partial charge is 0.251 e. The SMILES string of the molecule is C=C(/C=C(\N=C/N)N1CCC(NCCc2cc(OC)ccc2N)CC1)C(=O)NC1CC=Cc2[nH]ncc21. The molecule has 0 spiro atoms. The molecule has 196 valence electrons. The molecule has 1 aromatic heterocycles. The first-order chi connectivity index (χ1) is 18.0. The quantitative estimate of drug-likeness (QED) is 0.110. The number of hydrogen-bond acceptors (Lipinski definition) is 7. The summed E-state index contributed by atoms with van der Waals surface area (Å²) in [6.07, 6.45) is 12.1. The molecule has 1 aromatic carbocycles. The number of aromatic nitrogens is 2. The summed E-state index contributed by atoms with van der Waals surface area (Å²) in [6, 6.07) is 5.99. The van der Waals surface area contributed by atoms with Gasteiger partial charge >= 0.3 is 0 Å². The monoisotopic (exact) mass is 504 g/mol. The van der Waals surface area contributed by atoms with Gasteiger partial charge in [0.2, 0.25) is 0 Å². The molecule has 7 N–H and O–H groups in total. The van der Waals surface area contributed by atoms with Crippen molar-refractivity contribution in [2.45, 2.75) is 37.8 Å². The third-order valence-electron chi connectivity index (χ3n) is 6.83. The Morgan fingerprint density at radius 1 is 1.38 bits per heavy atom. The van der Waals surface area contributed by atoms with Gasteiger partial charge in [0.1, 0.15) is 11.6 Å². The molecule has 1 atom stereocenters. The minimum atomic E-state index is -0.245. The topological polar surface area (TPSA) is 147 Å². The molecule has 37 heavy (non-hydrogen) atoms. The van der Waals surface area contributed by atoms with E-state index in [0.29, 0.717) is 23.9 Å². The highest BCUT2D eigenvalue weighted by atomic mass is 16.5. The number of hydrogen-bond donors (Lipinski definition) is 5. The number of benzene rings is 1. The minimum Gasteiger partial charge on any atom is -0.497 e. The van der Waals surface area contributed by atoms with Crippen LogP contribution in [0.1, 0.15) is 42.1 Å². The van der Waals surface area contributed by atoms with E-state index in [-0.39, 0.29) is 11.9 Å². The highest BCUT2D eigenvalue weighted by molar-refractivity contribution is 5.96. The first kappa shape index (κ1) is 26.0. The largest absolute Gasteiger partial charge is 0.497 e. The van der Waals surface area contributed by atoms with Gasteiger partial charge in [0.25, 0.3) is 5.91 Å². The van der Waals surface area contributed by atoms with Crippen LogP contribution in [0.25, 0.3) is 6.08 Å². The number of amides is 1. The van der Waals surface area contributed by atoms with Crippen molar-refractivity contribution in [1.82, 2.24) is 25.7 Å². The van der Waals surface area contributed by atoms with E-state index in [9.17, 15) is 4.79 Å². The van der Waals surface area contributed by atoms with Crippen LogP contribution in [0.15, 0.2) is 59.5 Å². The van der Waals surface area contributed by atoms with Crippen LogP contribution in [0.4, 0.5) is 5.69 Å². The van der Waals surface area contributed by atoms with Gasteiger partial charge in [-0.3, -0.25) is 9.89 Å². The molecular weight excluding hydrogens is 468 g/mol. The van der Waals surface area contributed by atoms with Gasteiger partial charge in [0.15, 0.2) is 0 Å². The molecule has 2 aliphatic rings. The van der Waals surface area contributed by atoms with Crippen molar-refractivity contribution in [1.29, 1.82) is 0 Å². The molecule has 1 aliphatic heterocycles. The number of fused-ring (bicyclic) bond motifs is 1. The van der Waals surface area contributed by atoms with E-state index in [0.717, 1.165) is 67.2 Å². The van der Waals surface area contributed by atoms with Gasteiger partial charge in [-0.15, -0.1) is 0 Å². The number of piperidine rings is 1. The summed E-state index contributed by atoms with van der Waals surface area (Å²) >= 11 is 0. The number of methoxy groups -OCH3 is 1. The van der Waals surface area contributed by atoms with Crippen LogP contribution >= 0.6 is 0 Å². The Labute approximate surface area is 217 Å². The molecule has 10 nitrogen and oxygen atoms in total. The molecular formula is C27H36N8O2. The Hall–Kier alpha value is -4.05. The number of aromatic amines is 1. The summed E-state index contributed by atoms with van der Waals surface area (Å²) < 4.78 is 5.31. The molecule has 1 aliphatic carbocycles. The highest BCUT2D eigenvalue weighted by Gasteiger charge is 2.23. The number of nitrogens with two attached hydrogens (primary N) is 2. The van der Waals surface area contributed by atoms with Crippen LogP contribution < -0.4 is 26.8 Å². The Bertz CT molecular complexity index is 1190. The lowest BCUT2D eigenvalue weighted by Crippen LogP contribution is -2.42. The van der Waals surface area contributed by atoms with Gasteiger partial charge in [0, 0.05) is 36.0 Å². The highest BCUT2D eigenvalue weighted by Crippen LogP contribution is 2.26. The van der Waals surface area contributed by atoms with Crippen molar-refractivity contribution in [2.75, 3.05) is 32.5 Å². The number of carbonyl (C=O) groups excluding carboxylic acids is 1. The van der Waals surface area contributed by atoms with Gasteiger partial charge in [-0.05, 0) is 68.1 Å². The normalized spacial score (nSPS) is 18.1. The zero-order chi connectivity index (χ0) is 26.2. The standard InChI is InChI=1S/C27H36N8O2/c1-18(27(36)33-24-4-3-5-25-22(24)16-32-34-25)14-26(31-17-28)35-12-9-20(10-13-35)30-11-8-19-15-21(37-2)6-7-23(19)29/h3,5-7,14-17,20,24,30H,1,4,8-13,29H2,2H3,(H2,28,31)(H,32,34)(H,33,36)/b26-14+. The lowest BCUT2D eigenvalue weighted by molar-refractivity contribution is -0.117. The number of nitrogens with zero attached hydrogens (tertiary/aromatic N) is 3. The van der Waals surface area contributed by atoms with Crippen molar-refractivity contribution in [3.63, 3.8) is 0 Å². The summed E-state index contributed by atoms with van der Waals surface area (Å²) in [5.74, 6) is 1.21. The van der Waals surface area contributed by atoms with Gasteiger partial charge in [-0.2, -0.15) is 5.10 Å². The van der Waals surface area contributed by atoms with E-state index in [4.69, 9.17) is 16.2 Å². The fraction of sp³-hybridized carbons (Fsp3) is 0.370. The van der Waals surface area contributed by atoms with E-state index in [1.165, 1.54) is 6.34 Å². The Kier molecular flexibility index (Phi) is 8.63. The van der Waals surface area contributed by atoms with Crippen LogP contribution in [0.3, 0.4) is 0 Å². The van der Waals surface area contributed by atoms with Gasteiger partial charge in [0.05, 0.1) is 31.4 Å². The summed E-state index contributed by atoms with van der Waals surface area (Å²) in [7, 11) is 1.66. The van der Waals surface area contributed by atoms with Crippen LogP contribution in [-0.4, -0.2) is 60.1 Å². The molecule has 1 amide bonds. The van der Waals surface area contributed by atoms with E-state index in [2.05, 4.69) is 37.3 Å². The predicted octanol–water partition coefficient (Wildman–Crippen LogP) is 2.26. The zero-order valence-corrected chi connectivity index (χ0v) is 21.2. The number of nitrogens with one attached hydrogen (secondary N) is 3. The molecule has 0 bridgehead atoms. The number of nitrogen functional groups attached to an aromatic ring is 1. The third kappa shape index (κ3) is 6.59. The van der Waals surface area contributed by atoms with Crippen molar-refractivity contribution in [3.8, 4) is 5.75 Å². The van der Waals surface area contributed by atoms with Crippen molar-refractivity contribution in [2.24, 2.45) is 10.7 Å². The first-order valence-corrected chi connectivity index (χ1v) is 12.5. The van der Waals surface area contributed by atoms with Gasteiger partial charge in [-0.1, -0.05) is 12.7 Å². The maximum absolute atomic E-state index is 12.9. The number of likely N-dealkylation sites (tertiary alicyclic amines) is 1. The molecule has 10 heteroatoms. The molecule has 0 radical (unpaired) electrons. The minimum absolute atomic E-state index is 0.146. The maximum atomic E-state index is 12.9. The third-order valence-corrected chi connectivity index (χ3v) is 6.83. The summed E-state index contributed by atoms with van der Waals surface area (Å²) in [5.41, 5.74) is 15.8. The van der Waals surface area contributed by atoms with Crippen LogP contribution in [0.5, 0.6) is 5.75 Å². The maximum Gasteiger partial charge on any atom is 0.251 e. The fourth-order valence-electron chi connectivity index (χ4n) is 4.71. The second-order valence-electron chi connectivity index (χ2n) is 9.24. The van der Waals surface area contributed by atoms with Crippen molar-refractivity contribution >= 4 is 24.0 Å². The van der Waals surface area contributed by atoms with Gasteiger partial charge in [-0.25, -0.2) is 4.99 Å². The zero-order valence-electron chi connectivity index (χ0n) is 21.2. The molecule has 1 unspecified atom stereocenters. The number of anilines is 1. The molecule has 0 saturated carbocycles. The second kappa shape index (κ2) is 12.3. The number of ether oxygens (including phenoxy) is 1. The van der Waals surface area contributed by atoms with E-state index >= 15 is 0 Å². The summed E-state index contributed by atoms with van der Waals surface area (Å²) in [4.78, 5) is 19.3. The van der Waals surface area contributed by atoms with Gasteiger partial charge < -0.3 is 31.7 Å². The predicted molar refractivity (Wildman–Crippen MR) is 147 cm³/mol. The average Bonchev–Trinajstić information content (AvgIpc) is 3.40. The number of rotatable bonds is 10. The van der Waals surface area contributed by atoms with Crippen LogP contribution in [0, 0.1) is 0 Å². The Morgan fingerprint density at radius 3 is 2.95 bits per heavy atom. The van der Waals surface area contributed by atoms with Crippen LogP contribution in [0.2, 0.25) is 0 Å². The van der Waals surface area contributed by atoms with Crippen LogP contribution in [-0.2, 0) is 11.2 Å². The lowest BCUT2D eigenvalue weighted by atomic mass is 9.98.